The van der Waals surface area contributed by atoms with Crippen molar-refractivity contribution >= 4 is 29.1 Å². The van der Waals surface area contributed by atoms with Gasteiger partial charge in [-0.2, -0.15) is 5.26 Å². The minimum atomic E-state index is -1.09. The molecule has 0 spiro atoms. The molecule has 0 bridgehead atoms. The van der Waals surface area contributed by atoms with E-state index >= 15 is 0 Å². The first-order chi connectivity index (χ1) is 16.3. The van der Waals surface area contributed by atoms with Crippen molar-refractivity contribution in [3.63, 3.8) is 0 Å². The summed E-state index contributed by atoms with van der Waals surface area (Å²) >= 11 is 0. The molecule has 1 fully saturated rings. The molecule has 4 rings (SSSR count). The van der Waals surface area contributed by atoms with Gasteiger partial charge in [-0.05, 0) is 37.5 Å². The number of halogens is 1. The number of pyridine rings is 3. The van der Waals surface area contributed by atoms with Gasteiger partial charge in [0.1, 0.15) is 23.8 Å². The van der Waals surface area contributed by atoms with E-state index in [0.717, 1.165) is 17.5 Å². The first-order valence-corrected chi connectivity index (χ1v) is 10.7. The van der Waals surface area contributed by atoms with Crippen LogP contribution in [0.4, 0.5) is 10.2 Å². The summed E-state index contributed by atoms with van der Waals surface area (Å²) in [5, 5.41) is 30.1. The lowest BCUT2D eigenvalue weighted by atomic mass is 9.98. The third kappa shape index (κ3) is 5.50. The van der Waals surface area contributed by atoms with Gasteiger partial charge in [-0.1, -0.05) is 13.3 Å². The van der Waals surface area contributed by atoms with E-state index in [4.69, 9.17) is 9.90 Å². The van der Waals surface area contributed by atoms with Gasteiger partial charge < -0.3 is 15.5 Å². The van der Waals surface area contributed by atoms with Gasteiger partial charge in [-0.15, -0.1) is 0 Å². The first-order valence-electron chi connectivity index (χ1n) is 10.7. The van der Waals surface area contributed by atoms with Gasteiger partial charge in [-0.25, -0.2) is 14.4 Å². The summed E-state index contributed by atoms with van der Waals surface area (Å²) in [5.74, 6) is -0.742. The number of aromatic nitrogens is 3. The number of aliphatic hydroxyl groups is 1. The van der Waals surface area contributed by atoms with Crippen LogP contribution in [-0.4, -0.2) is 43.7 Å². The highest BCUT2D eigenvalue weighted by Gasteiger charge is 2.43. The van der Waals surface area contributed by atoms with Gasteiger partial charge in [0, 0.05) is 35.0 Å². The van der Waals surface area contributed by atoms with Gasteiger partial charge in [0.2, 0.25) is 5.91 Å². The highest BCUT2D eigenvalue weighted by Crippen LogP contribution is 2.35. The Morgan fingerprint density at radius 3 is 2.62 bits per heavy atom. The number of aliphatic hydroxyl groups excluding tert-OH is 1. The Labute approximate surface area is 195 Å². The molecule has 34 heavy (non-hydrogen) atoms. The monoisotopic (exact) mass is 465 g/mol. The predicted octanol–water partition coefficient (Wildman–Crippen LogP) is 3.70. The Morgan fingerprint density at radius 1 is 1.32 bits per heavy atom. The molecule has 0 saturated heterocycles. The normalized spacial score (nSPS) is 17.1. The number of hydrogen-bond acceptors (Lipinski definition) is 7. The summed E-state index contributed by atoms with van der Waals surface area (Å²) in [7, 11) is 0. The van der Waals surface area contributed by atoms with Crippen LogP contribution in [0.1, 0.15) is 49.2 Å². The third-order valence-corrected chi connectivity index (χ3v) is 5.43. The van der Waals surface area contributed by atoms with Crippen LogP contribution in [0.5, 0.6) is 0 Å². The zero-order valence-electron chi connectivity index (χ0n) is 18.7. The Kier molecular flexibility index (Phi) is 7.81. The molecule has 1 amide bonds. The number of carboxylic acid groups (broad SMARTS) is 1. The van der Waals surface area contributed by atoms with Crippen LogP contribution in [0, 0.1) is 24.2 Å². The maximum Gasteiger partial charge on any atom is 0.290 e. The molecular formula is C24H24FN5O4. The maximum absolute atomic E-state index is 13.1. The first kappa shape index (κ1) is 24.7. The minimum absolute atomic E-state index is 0.216. The summed E-state index contributed by atoms with van der Waals surface area (Å²) in [6, 6.07) is 7.33. The average molecular weight is 465 g/mol. The zero-order valence-corrected chi connectivity index (χ0v) is 18.7. The molecule has 0 unspecified atom stereocenters. The van der Waals surface area contributed by atoms with Gasteiger partial charge >= 0.3 is 0 Å². The standard InChI is InChI=1S/C23H22FN5O2.CH2O2/c1-3-4-21(30)19-5-12(2)16(11-26-19)14-6-13-10-27-22(8-18(13)28-20(14)9-25)29-23(31)15-7-17(15)24;2-1-3/h5-6,8,10-11,15,17,21,30H,3-4,7H2,1-2H3,(H,27,29,31);1H,(H,2,3)/t15-,17+,21-;/m0./s1. The van der Waals surface area contributed by atoms with E-state index in [2.05, 4.69) is 26.3 Å². The number of nitrogens with one attached hydrogen (secondary N) is 1. The minimum Gasteiger partial charge on any atom is -0.483 e. The van der Waals surface area contributed by atoms with E-state index in [-0.39, 0.29) is 24.4 Å². The van der Waals surface area contributed by atoms with Gasteiger partial charge in [0.05, 0.1) is 23.2 Å². The largest absolute Gasteiger partial charge is 0.483 e. The van der Waals surface area contributed by atoms with Crippen LogP contribution >= 0.6 is 0 Å². The average Bonchev–Trinajstić information content (AvgIpc) is 3.55. The molecule has 0 radical (unpaired) electrons. The number of amides is 1. The van der Waals surface area contributed by atoms with Crippen molar-refractivity contribution in [1.29, 1.82) is 5.26 Å². The van der Waals surface area contributed by atoms with Gasteiger partial charge in [-0.3, -0.25) is 14.6 Å². The maximum atomic E-state index is 13.1. The lowest BCUT2D eigenvalue weighted by molar-refractivity contribution is -0.123. The van der Waals surface area contributed by atoms with Crippen molar-refractivity contribution in [3.8, 4) is 17.2 Å². The summed E-state index contributed by atoms with van der Waals surface area (Å²) in [6.07, 6.45) is 3.22. The zero-order chi connectivity index (χ0) is 24.8. The van der Waals surface area contributed by atoms with E-state index < -0.39 is 24.1 Å². The summed E-state index contributed by atoms with van der Waals surface area (Å²) in [6.45, 7) is 3.65. The summed E-state index contributed by atoms with van der Waals surface area (Å²) < 4.78 is 13.1. The molecular weight excluding hydrogens is 441 g/mol. The molecule has 3 aromatic heterocycles. The fourth-order valence-electron chi connectivity index (χ4n) is 3.54. The van der Waals surface area contributed by atoms with Crippen LogP contribution in [-0.2, 0) is 9.59 Å². The predicted molar refractivity (Wildman–Crippen MR) is 122 cm³/mol. The number of carbonyl (C=O) groups excluding carboxylic acids is 1. The van der Waals surface area contributed by atoms with E-state index in [1.165, 1.54) is 0 Å². The fourth-order valence-corrected chi connectivity index (χ4v) is 3.54. The summed E-state index contributed by atoms with van der Waals surface area (Å²) in [5.41, 5.74) is 3.56. The Morgan fingerprint density at radius 2 is 2.03 bits per heavy atom. The van der Waals surface area contributed by atoms with Crippen molar-refractivity contribution in [2.45, 2.75) is 45.4 Å². The van der Waals surface area contributed by atoms with Crippen LogP contribution in [0.25, 0.3) is 22.0 Å². The van der Waals surface area contributed by atoms with Gasteiger partial charge in [0.15, 0.2) is 0 Å². The second kappa shape index (κ2) is 10.8. The van der Waals surface area contributed by atoms with E-state index in [1.54, 1.807) is 18.5 Å². The van der Waals surface area contributed by atoms with E-state index in [1.807, 2.05) is 26.0 Å². The molecule has 9 nitrogen and oxygen atoms in total. The molecule has 176 valence electrons. The number of hydrogen-bond donors (Lipinski definition) is 3. The molecule has 1 aliphatic rings. The molecule has 1 aliphatic carbocycles. The lowest BCUT2D eigenvalue weighted by Crippen LogP contribution is -2.15. The van der Waals surface area contributed by atoms with Gasteiger partial charge in [0.25, 0.3) is 6.47 Å². The quantitative estimate of drug-likeness (QED) is 0.467. The number of anilines is 1. The second-order valence-corrected chi connectivity index (χ2v) is 7.94. The molecule has 10 heteroatoms. The van der Waals surface area contributed by atoms with Crippen LogP contribution < -0.4 is 5.32 Å². The fraction of sp³-hybridized carbons (Fsp3) is 0.333. The number of alkyl halides is 1. The topological polar surface area (TPSA) is 149 Å². The SMILES string of the molecule is CCC[C@H](O)c1cc(C)c(-c2cc3cnc(NC(=O)[C@H]4C[C@H]4F)cc3nc2C#N)cn1.O=CO. The Bertz CT molecular complexity index is 1260. The number of carbonyl (C=O) groups is 2. The third-order valence-electron chi connectivity index (χ3n) is 5.43. The number of nitrogens with zero attached hydrogens (tertiary/aromatic N) is 4. The van der Waals surface area contributed by atoms with E-state index in [0.29, 0.717) is 28.6 Å². The number of nitriles is 1. The second-order valence-electron chi connectivity index (χ2n) is 7.94. The Balaban J connectivity index is 0.00000103. The smallest absolute Gasteiger partial charge is 0.290 e. The van der Waals surface area contributed by atoms with Crippen molar-refractivity contribution in [3.05, 3.63) is 47.5 Å². The molecule has 3 atom stereocenters. The molecule has 3 N–H and O–H groups in total. The van der Waals surface area contributed by atoms with Crippen LogP contribution in [0.15, 0.2) is 30.6 Å². The van der Waals surface area contributed by atoms with Crippen molar-refractivity contribution < 1.29 is 24.2 Å². The van der Waals surface area contributed by atoms with Crippen LogP contribution in [0.2, 0.25) is 0 Å². The van der Waals surface area contributed by atoms with Crippen molar-refractivity contribution in [2.75, 3.05) is 5.32 Å². The lowest BCUT2D eigenvalue weighted by Gasteiger charge is -2.13. The van der Waals surface area contributed by atoms with Crippen molar-refractivity contribution in [1.82, 2.24) is 15.0 Å². The summed E-state index contributed by atoms with van der Waals surface area (Å²) in [4.78, 5) is 33.4. The van der Waals surface area contributed by atoms with Crippen LogP contribution in [0.3, 0.4) is 0 Å². The van der Waals surface area contributed by atoms with Crippen molar-refractivity contribution in [2.24, 2.45) is 5.92 Å². The highest BCUT2D eigenvalue weighted by atomic mass is 19.1. The van der Waals surface area contributed by atoms with E-state index in [9.17, 15) is 19.6 Å². The number of aryl methyl sites for hydroxylation is 1. The molecule has 1 saturated carbocycles. The highest BCUT2D eigenvalue weighted by molar-refractivity contribution is 5.96. The molecule has 3 heterocycles. The molecule has 3 aromatic rings. The Hall–Kier alpha value is -3.97. The number of rotatable bonds is 6. The molecule has 0 aromatic carbocycles. The molecule has 0 aliphatic heterocycles. The number of fused-ring (bicyclic) bond motifs is 1.